The maximum Gasteiger partial charge on any atom is 0.0360 e. The summed E-state index contributed by atoms with van der Waals surface area (Å²) in [6, 6.07) is 0. The highest BCUT2D eigenvalue weighted by Gasteiger charge is 1.98. The van der Waals surface area contributed by atoms with Crippen molar-refractivity contribution >= 4 is 0 Å². The second-order valence-electron chi connectivity index (χ2n) is 2.10. The highest BCUT2D eigenvalue weighted by atomic mass is 15.1. The van der Waals surface area contributed by atoms with Crippen LogP contribution in [0.5, 0.6) is 0 Å². The van der Waals surface area contributed by atoms with Crippen molar-refractivity contribution in [3.05, 3.63) is 36.6 Å². The molecule has 9 heavy (non-hydrogen) atoms. The lowest BCUT2D eigenvalue weighted by molar-refractivity contribution is 0.475. The molecule has 0 atom stereocenters. The van der Waals surface area contributed by atoms with Crippen molar-refractivity contribution in [3.8, 4) is 0 Å². The Hall–Kier alpha value is -0.980. The number of hydrogen-bond donors (Lipinski definition) is 0. The van der Waals surface area contributed by atoms with Gasteiger partial charge in [-0.15, -0.1) is 0 Å². The first-order chi connectivity index (χ1) is 4.34. The van der Waals surface area contributed by atoms with Gasteiger partial charge in [-0.2, -0.15) is 0 Å². The monoisotopic (exact) mass is 121 g/mol. The predicted octanol–water partition coefficient (Wildman–Crippen LogP) is 1.56. The Labute approximate surface area is 56.0 Å². The normalized spacial score (nSPS) is 17.4. The van der Waals surface area contributed by atoms with Gasteiger partial charge in [-0.1, -0.05) is 18.7 Å². The van der Waals surface area contributed by atoms with Crippen LogP contribution in [0.4, 0.5) is 0 Å². The molecule has 0 aromatic heterocycles. The number of allylic oxidation sites excluding steroid dienone is 3. The van der Waals surface area contributed by atoms with Crippen LogP contribution in [0.2, 0.25) is 0 Å². The first-order valence-corrected chi connectivity index (χ1v) is 3.05. The van der Waals surface area contributed by atoms with Gasteiger partial charge in [-0.05, 0) is 12.2 Å². The van der Waals surface area contributed by atoms with Gasteiger partial charge in [0.1, 0.15) is 0 Å². The first-order valence-electron chi connectivity index (χ1n) is 3.05. The molecule has 0 unspecified atom stereocenters. The molecule has 1 aliphatic heterocycles. The maximum atomic E-state index is 3.69. The van der Waals surface area contributed by atoms with Crippen LogP contribution in [0.25, 0.3) is 0 Å². The second kappa shape index (κ2) is 2.53. The van der Waals surface area contributed by atoms with E-state index in [2.05, 4.69) is 36.8 Å². The molecule has 0 aromatic carbocycles. The van der Waals surface area contributed by atoms with E-state index < -0.39 is 0 Å². The van der Waals surface area contributed by atoms with E-state index >= 15 is 0 Å². The van der Waals surface area contributed by atoms with E-state index in [0.29, 0.717) is 0 Å². The van der Waals surface area contributed by atoms with Gasteiger partial charge in [0.05, 0.1) is 0 Å². The Morgan fingerprint density at radius 2 is 2.56 bits per heavy atom. The van der Waals surface area contributed by atoms with Crippen LogP contribution in [-0.2, 0) is 0 Å². The predicted molar refractivity (Wildman–Crippen MR) is 40.1 cm³/mol. The third-order valence-electron chi connectivity index (χ3n) is 1.43. The molecule has 0 radical (unpaired) electrons. The molecule has 0 N–H and O–H groups in total. The summed E-state index contributed by atoms with van der Waals surface area (Å²) in [5, 5.41) is 0. The number of nitrogens with zero attached hydrogens (tertiary/aromatic N) is 1. The van der Waals surface area contributed by atoms with E-state index in [1.807, 2.05) is 6.08 Å². The van der Waals surface area contributed by atoms with Crippen molar-refractivity contribution in [1.82, 2.24) is 4.90 Å². The Balaban J connectivity index is 2.74. The van der Waals surface area contributed by atoms with Gasteiger partial charge < -0.3 is 4.90 Å². The third kappa shape index (κ3) is 1.22. The molecule has 1 nitrogen and oxygen atoms in total. The third-order valence-corrected chi connectivity index (χ3v) is 1.43. The summed E-state index contributed by atoms with van der Waals surface area (Å²) in [6.07, 6.45) is 8.09. The smallest absolute Gasteiger partial charge is 0.0360 e. The molecule has 0 bridgehead atoms. The molecule has 48 valence electrons. The zero-order valence-electron chi connectivity index (χ0n) is 5.67. The van der Waals surface area contributed by atoms with Gasteiger partial charge in [0.2, 0.25) is 0 Å². The molecule has 1 heterocycles. The van der Waals surface area contributed by atoms with Crippen molar-refractivity contribution in [2.24, 2.45) is 0 Å². The summed E-state index contributed by atoms with van der Waals surface area (Å²) in [7, 11) is 2.05. The highest BCUT2D eigenvalue weighted by Crippen LogP contribution is 2.06. The largest absolute Gasteiger partial charge is 0.371 e. The summed E-state index contributed by atoms with van der Waals surface area (Å²) in [5.41, 5.74) is 1.19. The zero-order chi connectivity index (χ0) is 6.69. The summed E-state index contributed by atoms with van der Waals surface area (Å²) in [6.45, 7) is 4.69. The average Bonchev–Trinajstić information content (AvgIpc) is 1.89. The van der Waals surface area contributed by atoms with E-state index in [1.165, 1.54) is 5.70 Å². The van der Waals surface area contributed by atoms with Crippen LogP contribution in [0.1, 0.15) is 0 Å². The molecule has 0 amide bonds. The minimum atomic E-state index is 0.998. The van der Waals surface area contributed by atoms with Gasteiger partial charge in [-0.3, -0.25) is 0 Å². The van der Waals surface area contributed by atoms with Crippen molar-refractivity contribution in [1.29, 1.82) is 0 Å². The van der Waals surface area contributed by atoms with Crippen molar-refractivity contribution in [2.45, 2.75) is 0 Å². The minimum Gasteiger partial charge on any atom is -0.371 e. The molecule has 1 heteroatoms. The SMILES string of the molecule is C=CC1=CC=CCN1C. The molecule has 0 fully saturated rings. The molecular weight excluding hydrogens is 110 g/mol. The van der Waals surface area contributed by atoms with E-state index in [4.69, 9.17) is 0 Å². The maximum absolute atomic E-state index is 3.69. The number of likely N-dealkylation sites (N-methyl/N-ethyl adjacent to an activating group) is 1. The van der Waals surface area contributed by atoms with E-state index in [9.17, 15) is 0 Å². The van der Waals surface area contributed by atoms with Crippen molar-refractivity contribution in [3.63, 3.8) is 0 Å². The number of hydrogen-bond acceptors (Lipinski definition) is 1. The fraction of sp³-hybridized carbons (Fsp3) is 0.250. The molecule has 0 saturated heterocycles. The Kier molecular flexibility index (Phi) is 1.73. The van der Waals surface area contributed by atoms with Crippen molar-refractivity contribution in [2.75, 3.05) is 13.6 Å². The molecule has 0 aliphatic carbocycles. The first kappa shape index (κ1) is 6.14. The molecular formula is C8H11N. The average molecular weight is 121 g/mol. The number of rotatable bonds is 1. The van der Waals surface area contributed by atoms with Crippen LogP contribution in [0.3, 0.4) is 0 Å². The van der Waals surface area contributed by atoms with Gasteiger partial charge in [-0.25, -0.2) is 0 Å². The van der Waals surface area contributed by atoms with Gasteiger partial charge in [0.25, 0.3) is 0 Å². The quantitative estimate of drug-likeness (QED) is 0.509. The van der Waals surface area contributed by atoms with E-state index in [-0.39, 0.29) is 0 Å². The summed E-state index contributed by atoms with van der Waals surface area (Å²) in [5.74, 6) is 0. The fourth-order valence-corrected chi connectivity index (χ4v) is 0.842. The van der Waals surface area contributed by atoms with Gasteiger partial charge >= 0.3 is 0 Å². The fourth-order valence-electron chi connectivity index (χ4n) is 0.842. The minimum absolute atomic E-state index is 0.998. The zero-order valence-corrected chi connectivity index (χ0v) is 5.67. The summed E-state index contributed by atoms with van der Waals surface area (Å²) in [4.78, 5) is 2.15. The van der Waals surface area contributed by atoms with E-state index in [0.717, 1.165) is 6.54 Å². The Bertz CT molecular complexity index is 165. The highest BCUT2D eigenvalue weighted by molar-refractivity contribution is 5.24. The molecule has 0 spiro atoms. The van der Waals surface area contributed by atoms with Crippen LogP contribution in [0.15, 0.2) is 36.6 Å². The Morgan fingerprint density at radius 3 is 3.00 bits per heavy atom. The summed E-state index contributed by atoms with van der Waals surface area (Å²) >= 11 is 0. The summed E-state index contributed by atoms with van der Waals surface area (Å²) < 4.78 is 0. The van der Waals surface area contributed by atoms with Crippen molar-refractivity contribution < 1.29 is 0 Å². The van der Waals surface area contributed by atoms with Crippen LogP contribution >= 0.6 is 0 Å². The van der Waals surface area contributed by atoms with E-state index in [1.54, 1.807) is 0 Å². The van der Waals surface area contributed by atoms with Gasteiger partial charge in [0.15, 0.2) is 0 Å². The second-order valence-corrected chi connectivity index (χ2v) is 2.10. The van der Waals surface area contributed by atoms with Crippen LogP contribution < -0.4 is 0 Å². The lowest BCUT2D eigenvalue weighted by Crippen LogP contribution is -2.17. The molecule has 1 rings (SSSR count). The van der Waals surface area contributed by atoms with Gasteiger partial charge in [0, 0.05) is 19.3 Å². The lowest BCUT2D eigenvalue weighted by Gasteiger charge is -2.20. The molecule has 1 aliphatic rings. The molecule has 0 aromatic rings. The molecule has 0 saturated carbocycles. The standard InChI is InChI=1S/C8H11N/c1-3-8-6-4-5-7-9(8)2/h3-6H,1,7H2,2H3. The topological polar surface area (TPSA) is 3.24 Å². The Morgan fingerprint density at radius 1 is 1.78 bits per heavy atom. The lowest BCUT2D eigenvalue weighted by atomic mass is 10.2. The van der Waals surface area contributed by atoms with Crippen LogP contribution in [-0.4, -0.2) is 18.5 Å². The van der Waals surface area contributed by atoms with Crippen LogP contribution in [0, 0.1) is 0 Å².